The average Bonchev–Trinajstić information content (AvgIpc) is 3.37. The van der Waals surface area contributed by atoms with E-state index < -0.39 is 46.7 Å². The lowest BCUT2D eigenvalue weighted by Gasteiger charge is -2.51. The molecule has 0 radical (unpaired) electrons. The number of amides is 2. The van der Waals surface area contributed by atoms with Crippen LogP contribution in [0.1, 0.15) is 66.4 Å². The van der Waals surface area contributed by atoms with Gasteiger partial charge in [0.25, 0.3) is 16.6 Å². The van der Waals surface area contributed by atoms with E-state index in [0.717, 1.165) is 26.4 Å². The molecule has 2 amide bonds. The quantitative estimate of drug-likeness (QED) is 0.108. The predicted octanol–water partition coefficient (Wildman–Crippen LogP) is 10.8. The van der Waals surface area contributed by atoms with Gasteiger partial charge < -0.3 is 23.6 Å². The maximum atomic E-state index is 16.3. The van der Waals surface area contributed by atoms with Gasteiger partial charge in [-0.15, -0.1) is 0 Å². The smallest absolute Gasteiger partial charge is 0.330 e. The number of hydrogen-bond donors (Lipinski definition) is 1. The molecular formula is C58H64FN5O5Si2. The molecule has 1 fully saturated rings. The molecule has 9 rings (SSSR count). The van der Waals surface area contributed by atoms with Crippen LogP contribution in [-0.4, -0.2) is 65.1 Å². The Morgan fingerprint density at radius 3 is 1.48 bits per heavy atom. The highest BCUT2D eigenvalue weighted by atomic mass is 28.4. The van der Waals surface area contributed by atoms with Gasteiger partial charge in [-0.25, -0.2) is 14.2 Å². The number of urea groups is 1. The van der Waals surface area contributed by atoms with Crippen molar-refractivity contribution in [3.63, 3.8) is 0 Å². The number of methoxy groups -OCH3 is 2. The summed E-state index contributed by atoms with van der Waals surface area (Å²) in [5.41, 5.74) is 1.54. The van der Waals surface area contributed by atoms with Crippen LogP contribution in [0, 0.1) is 5.82 Å². The van der Waals surface area contributed by atoms with Crippen LogP contribution in [0.25, 0.3) is 0 Å². The molecule has 1 aliphatic carbocycles. The molecule has 0 bridgehead atoms. The summed E-state index contributed by atoms with van der Waals surface area (Å²) in [6, 6.07) is 53.8. The second kappa shape index (κ2) is 20.2. The Morgan fingerprint density at radius 1 is 0.606 bits per heavy atom. The van der Waals surface area contributed by atoms with E-state index in [9.17, 15) is 0 Å². The van der Waals surface area contributed by atoms with Crippen molar-refractivity contribution < 1.29 is 27.5 Å². The fourth-order valence-corrected chi connectivity index (χ4v) is 20.3. The Kier molecular flexibility index (Phi) is 14.1. The van der Waals surface area contributed by atoms with Gasteiger partial charge in [-0.1, -0.05) is 163 Å². The van der Waals surface area contributed by atoms with Crippen LogP contribution in [0.3, 0.4) is 0 Å². The van der Waals surface area contributed by atoms with Crippen molar-refractivity contribution in [1.82, 2.24) is 9.97 Å². The van der Waals surface area contributed by atoms with E-state index in [2.05, 4.69) is 168 Å². The molecule has 6 aromatic carbocycles. The molecule has 7 aromatic rings. The van der Waals surface area contributed by atoms with Crippen molar-refractivity contribution in [2.75, 3.05) is 29.3 Å². The Labute approximate surface area is 420 Å². The third-order valence-electron chi connectivity index (χ3n) is 14.1. The number of benzene rings is 6. The molecule has 2 aliphatic rings. The lowest BCUT2D eigenvalue weighted by atomic mass is 9.89. The SMILES string of the molecule is COc1ccc(Nc2ncc3c(n2)N(C2CC(O[Si](c4ccccc4)(c4ccccc4)C(C)(C)C)CC(O[Si](c4ccccc4)(c4ccccc4)C(C)(C)C)C2)C(=O)N(c2ccc(OC)cc2F)C3)cc1. The summed E-state index contributed by atoms with van der Waals surface area (Å²) in [6.45, 7) is 13.8. The molecule has 1 saturated carbocycles. The number of nitrogens with zero attached hydrogens (tertiary/aromatic N) is 4. The second-order valence-corrected chi connectivity index (χ2v) is 29.1. The molecule has 0 spiro atoms. The zero-order valence-electron chi connectivity index (χ0n) is 41.9. The van der Waals surface area contributed by atoms with E-state index in [4.69, 9.17) is 28.3 Å². The minimum Gasteiger partial charge on any atom is -0.497 e. The summed E-state index contributed by atoms with van der Waals surface area (Å²) in [5.74, 6) is 1.25. The van der Waals surface area contributed by atoms with Gasteiger partial charge in [-0.2, -0.15) is 4.98 Å². The van der Waals surface area contributed by atoms with Gasteiger partial charge in [0, 0.05) is 29.6 Å². The minimum atomic E-state index is -3.16. The molecule has 1 aliphatic heterocycles. The summed E-state index contributed by atoms with van der Waals surface area (Å²) in [7, 11) is -3.21. The van der Waals surface area contributed by atoms with Gasteiger partial charge in [0.1, 0.15) is 17.3 Å². The summed E-state index contributed by atoms with van der Waals surface area (Å²) in [6.07, 6.45) is 2.43. The molecule has 2 atom stereocenters. The molecule has 1 aromatic heterocycles. The summed E-state index contributed by atoms with van der Waals surface area (Å²) in [4.78, 5) is 28.9. The van der Waals surface area contributed by atoms with Crippen LogP contribution in [0.4, 0.5) is 32.3 Å². The molecule has 0 saturated heterocycles. The van der Waals surface area contributed by atoms with Gasteiger partial charge in [-0.05, 0) is 86.5 Å². The lowest BCUT2D eigenvalue weighted by molar-refractivity contribution is 0.0473. The second-order valence-electron chi connectivity index (χ2n) is 20.6. The zero-order valence-corrected chi connectivity index (χ0v) is 43.9. The Bertz CT molecular complexity index is 2730. The van der Waals surface area contributed by atoms with E-state index >= 15 is 9.18 Å². The molecule has 2 unspecified atom stereocenters. The van der Waals surface area contributed by atoms with Crippen LogP contribution >= 0.6 is 0 Å². The molecular weight excluding hydrogens is 922 g/mol. The molecule has 13 heteroatoms. The number of fused-ring (bicyclic) bond motifs is 1. The van der Waals surface area contributed by atoms with Gasteiger partial charge in [0.15, 0.2) is 5.82 Å². The van der Waals surface area contributed by atoms with E-state index in [1.165, 1.54) is 18.1 Å². The van der Waals surface area contributed by atoms with Crippen molar-refractivity contribution in [3.05, 3.63) is 181 Å². The standard InChI is InChI=1S/C58H64FN5O5Si2/c1-57(2,3)70(48-21-13-9-14-22-48,49-23-15-10-16-24-49)68-46-35-43(36-47(37-46)69-71(58(4,5)6,50-25-17-11-18-26-50)51-27-19-12-20-28-51)64-54-41(39-60-55(62-54)61-42-29-31-44(66-7)32-30-42)40-63(56(64)65)53-34-33-45(67-8)38-52(53)59/h9-34,38-39,43,46-47H,35-37,40H2,1-8H3,(H,60,61,62). The topological polar surface area (TPSA) is 98.3 Å². The molecule has 366 valence electrons. The summed E-state index contributed by atoms with van der Waals surface area (Å²) in [5, 5.41) is 7.33. The Hall–Kier alpha value is -6.65. The number of anilines is 4. The van der Waals surface area contributed by atoms with Gasteiger partial charge in [0.05, 0.1) is 38.7 Å². The van der Waals surface area contributed by atoms with Crippen LogP contribution in [-0.2, 0) is 15.4 Å². The monoisotopic (exact) mass is 985 g/mol. The molecule has 1 N–H and O–H groups in total. The molecule has 2 heterocycles. The van der Waals surface area contributed by atoms with Gasteiger partial charge in [-0.3, -0.25) is 9.80 Å². The fourth-order valence-electron chi connectivity index (χ4n) is 10.9. The number of hydrogen-bond acceptors (Lipinski definition) is 8. The van der Waals surface area contributed by atoms with E-state index in [1.54, 1.807) is 30.3 Å². The average molecular weight is 986 g/mol. The van der Waals surface area contributed by atoms with E-state index in [1.807, 2.05) is 24.3 Å². The highest BCUT2D eigenvalue weighted by Gasteiger charge is 2.56. The minimum absolute atomic E-state index is 0.0490. The van der Waals surface area contributed by atoms with E-state index in [0.29, 0.717) is 48.1 Å². The Morgan fingerprint density at radius 2 is 1.06 bits per heavy atom. The van der Waals surface area contributed by atoms with Gasteiger partial charge in [0.2, 0.25) is 5.95 Å². The van der Waals surface area contributed by atoms with Crippen molar-refractivity contribution >= 4 is 66.6 Å². The predicted molar refractivity (Wildman–Crippen MR) is 288 cm³/mol. The first kappa shape index (κ1) is 49.3. The number of carbonyl (C=O) groups is 1. The maximum Gasteiger partial charge on any atom is 0.330 e. The number of carbonyl (C=O) groups excluding carboxylic acids is 1. The molecule has 10 nitrogen and oxygen atoms in total. The number of halogens is 1. The van der Waals surface area contributed by atoms with Crippen LogP contribution in [0.15, 0.2) is 170 Å². The number of nitrogens with one attached hydrogen (secondary N) is 1. The fraction of sp³-hybridized carbons (Fsp3) is 0.293. The lowest BCUT2D eigenvalue weighted by Crippen LogP contribution is -2.70. The van der Waals surface area contributed by atoms with E-state index in [-0.39, 0.29) is 22.3 Å². The highest BCUT2D eigenvalue weighted by Crippen LogP contribution is 2.45. The first-order valence-corrected chi connectivity index (χ1v) is 28.3. The first-order valence-electron chi connectivity index (χ1n) is 24.4. The maximum absolute atomic E-state index is 16.3. The van der Waals surface area contributed by atoms with Crippen LogP contribution < -0.4 is 45.3 Å². The van der Waals surface area contributed by atoms with Crippen molar-refractivity contribution in [3.8, 4) is 11.5 Å². The highest BCUT2D eigenvalue weighted by molar-refractivity contribution is 7.00. The van der Waals surface area contributed by atoms with Crippen LogP contribution in [0.5, 0.6) is 11.5 Å². The number of aromatic nitrogens is 2. The largest absolute Gasteiger partial charge is 0.497 e. The van der Waals surface area contributed by atoms with Crippen LogP contribution in [0.2, 0.25) is 10.1 Å². The van der Waals surface area contributed by atoms with Crippen molar-refractivity contribution in [2.24, 2.45) is 0 Å². The first-order chi connectivity index (χ1) is 34.1. The zero-order chi connectivity index (χ0) is 50.0. The normalized spacial score (nSPS) is 17.6. The van der Waals surface area contributed by atoms with Gasteiger partial charge >= 0.3 is 6.03 Å². The summed E-state index contributed by atoms with van der Waals surface area (Å²) < 4.78 is 43.2. The third kappa shape index (κ3) is 9.63. The third-order valence-corrected chi connectivity index (χ3v) is 24.3. The number of ether oxygens (including phenoxy) is 2. The Balaban J connectivity index is 1.23. The summed E-state index contributed by atoms with van der Waals surface area (Å²) >= 11 is 0. The van der Waals surface area contributed by atoms with Crippen molar-refractivity contribution in [1.29, 1.82) is 0 Å². The van der Waals surface area contributed by atoms with Crippen molar-refractivity contribution in [2.45, 2.75) is 95.7 Å². The molecule has 71 heavy (non-hydrogen) atoms. The number of rotatable bonds is 14.